The Labute approximate surface area is 177 Å². The Morgan fingerprint density at radius 3 is 2.24 bits per heavy atom. The number of nitrogens with one attached hydrogen (secondary N) is 1. The summed E-state index contributed by atoms with van der Waals surface area (Å²) >= 11 is 3.47. The number of anilines is 1. The Balaban J connectivity index is 1.83. The molecule has 4 rings (SSSR count). The molecule has 1 heterocycles. The van der Waals surface area contributed by atoms with E-state index in [0.29, 0.717) is 5.82 Å². The first-order chi connectivity index (χ1) is 14.0. The number of phenols is 1. The number of tetrazole rings is 1. The lowest BCUT2D eigenvalue weighted by molar-refractivity contribution is 0.475. The number of phenolic OH excluding ortho intramolecular Hbond substituents is 1. The molecule has 146 valence electrons. The third kappa shape index (κ3) is 4.00. The largest absolute Gasteiger partial charge is 0.508 e. The minimum atomic E-state index is -0.314. The van der Waals surface area contributed by atoms with E-state index in [9.17, 15) is 5.11 Å². The number of aromatic hydroxyl groups is 1. The second kappa shape index (κ2) is 8.05. The molecule has 1 aromatic heterocycles. The van der Waals surface area contributed by atoms with Crippen molar-refractivity contribution in [3.05, 3.63) is 93.7 Å². The van der Waals surface area contributed by atoms with Crippen LogP contribution in [0.1, 0.15) is 28.6 Å². The van der Waals surface area contributed by atoms with Crippen LogP contribution in [0.2, 0.25) is 0 Å². The van der Waals surface area contributed by atoms with Gasteiger partial charge < -0.3 is 10.4 Å². The maximum absolute atomic E-state index is 9.72. The number of para-hydroxylation sites is 1. The molecule has 0 unspecified atom stereocenters. The van der Waals surface area contributed by atoms with Gasteiger partial charge in [-0.3, -0.25) is 0 Å². The van der Waals surface area contributed by atoms with Crippen LogP contribution >= 0.6 is 15.9 Å². The van der Waals surface area contributed by atoms with Crippen LogP contribution in [-0.4, -0.2) is 25.3 Å². The van der Waals surface area contributed by atoms with Crippen molar-refractivity contribution in [2.24, 2.45) is 0 Å². The molecule has 4 aromatic rings. The summed E-state index contributed by atoms with van der Waals surface area (Å²) in [5.41, 5.74) is 5.02. The fourth-order valence-electron chi connectivity index (χ4n) is 3.35. The fourth-order valence-corrected chi connectivity index (χ4v) is 3.61. The van der Waals surface area contributed by atoms with Gasteiger partial charge in [-0.05, 0) is 77.4 Å². The molecule has 29 heavy (non-hydrogen) atoms. The lowest BCUT2D eigenvalue weighted by Gasteiger charge is -2.21. The van der Waals surface area contributed by atoms with E-state index in [-0.39, 0.29) is 11.8 Å². The first kappa shape index (κ1) is 19.1. The second-order valence-electron chi connectivity index (χ2n) is 6.87. The summed E-state index contributed by atoms with van der Waals surface area (Å²) in [6.45, 7) is 4.09. The molecule has 0 saturated carbocycles. The third-order valence-corrected chi connectivity index (χ3v) is 5.31. The molecule has 0 radical (unpaired) electrons. The number of benzene rings is 3. The van der Waals surface area contributed by atoms with Gasteiger partial charge in [-0.2, -0.15) is 4.68 Å². The quantitative estimate of drug-likeness (QED) is 0.450. The van der Waals surface area contributed by atoms with Crippen molar-refractivity contribution >= 4 is 21.6 Å². The van der Waals surface area contributed by atoms with Crippen LogP contribution in [0.4, 0.5) is 5.69 Å². The van der Waals surface area contributed by atoms with E-state index >= 15 is 0 Å². The molecular formula is C22H20BrN5O. The zero-order valence-electron chi connectivity index (χ0n) is 16.0. The van der Waals surface area contributed by atoms with Crippen molar-refractivity contribution in [1.29, 1.82) is 0 Å². The topological polar surface area (TPSA) is 75.9 Å². The molecular weight excluding hydrogens is 430 g/mol. The van der Waals surface area contributed by atoms with E-state index in [0.717, 1.165) is 32.5 Å². The number of aryl methyl sites for hydroxylation is 2. The van der Waals surface area contributed by atoms with E-state index in [4.69, 9.17) is 0 Å². The standard InChI is InChI=1S/C22H20BrN5O/c1-14-4-3-5-15(2)21(14)28-22(25-26-27-28)20(16-6-12-19(29)13-7-16)24-18-10-8-17(23)9-11-18/h3-13,20,24,29H,1-2H3/t20-/m0/s1. The van der Waals surface area contributed by atoms with Gasteiger partial charge in [0.05, 0.1) is 5.69 Å². The third-order valence-electron chi connectivity index (χ3n) is 4.78. The molecule has 0 fully saturated rings. The lowest BCUT2D eigenvalue weighted by atomic mass is 10.0. The Kier molecular flexibility index (Phi) is 5.31. The number of aromatic nitrogens is 4. The highest BCUT2D eigenvalue weighted by Crippen LogP contribution is 2.29. The molecule has 1 atom stereocenters. The maximum Gasteiger partial charge on any atom is 0.183 e. The molecule has 6 nitrogen and oxygen atoms in total. The highest BCUT2D eigenvalue weighted by atomic mass is 79.9. The zero-order valence-corrected chi connectivity index (χ0v) is 17.6. The van der Waals surface area contributed by atoms with Gasteiger partial charge in [-0.1, -0.05) is 46.3 Å². The van der Waals surface area contributed by atoms with E-state index in [1.165, 1.54) is 0 Å². The summed E-state index contributed by atoms with van der Waals surface area (Å²) in [6.07, 6.45) is 0. The van der Waals surface area contributed by atoms with Gasteiger partial charge in [0, 0.05) is 10.2 Å². The molecule has 0 spiro atoms. The monoisotopic (exact) mass is 449 g/mol. The molecule has 0 aliphatic heterocycles. The van der Waals surface area contributed by atoms with Crippen molar-refractivity contribution in [1.82, 2.24) is 20.2 Å². The fraction of sp³-hybridized carbons (Fsp3) is 0.136. The molecule has 0 amide bonds. The highest BCUT2D eigenvalue weighted by Gasteiger charge is 2.23. The summed E-state index contributed by atoms with van der Waals surface area (Å²) in [4.78, 5) is 0. The minimum Gasteiger partial charge on any atom is -0.508 e. The highest BCUT2D eigenvalue weighted by molar-refractivity contribution is 9.10. The van der Waals surface area contributed by atoms with Gasteiger partial charge in [0.25, 0.3) is 0 Å². The van der Waals surface area contributed by atoms with E-state index in [2.05, 4.69) is 36.8 Å². The van der Waals surface area contributed by atoms with Gasteiger partial charge in [0.2, 0.25) is 0 Å². The van der Waals surface area contributed by atoms with Crippen molar-refractivity contribution in [3.8, 4) is 11.4 Å². The SMILES string of the molecule is Cc1cccc(C)c1-n1nnnc1[C@@H](Nc1ccc(Br)cc1)c1ccc(O)cc1. The van der Waals surface area contributed by atoms with Gasteiger partial charge in [-0.25, -0.2) is 0 Å². The van der Waals surface area contributed by atoms with Crippen LogP contribution < -0.4 is 5.32 Å². The predicted octanol–water partition coefficient (Wildman–Crippen LogP) is 4.95. The summed E-state index contributed by atoms with van der Waals surface area (Å²) in [5.74, 6) is 0.876. The average Bonchev–Trinajstić information content (AvgIpc) is 3.17. The number of hydrogen-bond acceptors (Lipinski definition) is 5. The first-order valence-electron chi connectivity index (χ1n) is 9.19. The summed E-state index contributed by atoms with van der Waals surface area (Å²) in [6, 6.07) is 20.8. The van der Waals surface area contributed by atoms with Crippen LogP contribution in [0.25, 0.3) is 5.69 Å². The van der Waals surface area contributed by atoms with Crippen LogP contribution in [0.3, 0.4) is 0 Å². The van der Waals surface area contributed by atoms with Crippen molar-refractivity contribution in [3.63, 3.8) is 0 Å². The van der Waals surface area contributed by atoms with Crippen molar-refractivity contribution in [2.75, 3.05) is 5.32 Å². The zero-order chi connectivity index (χ0) is 20.4. The Morgan fingerprint density at radius 2 is 1.59 bits per heavy atom. The van der Waals surface area contributed by atoms with Crippen molar-refractivity contribution < 1.29 is 5.11 Å². The summed E-state index contributed by atoms with van der Waals surface area (Å²) in [5, 5.41) is 25.9. The summed E-state index contributed by atoms with van der Waals surface area (Å²) in [7, 11) is 0. The van der Waals surface area contributed by atoms with Crippen molar-refractivity contribution in [2.45, 2.75) is 19.9 Å². The molecule has 0 aliphatic rings. The van der Waals surface area contributed by atoms with Gasteiger partial charge in [0.1, 0.15) is 11.8 Å². The van der Waals surface area contributed by atoms with Gasteiger partial charge in [-0.15, -0.1) is 5.10 Å². The van der Waals surface area contributed by atoms with E-state index in [1.54, 1.807) is 16.8 Å². The van der Waals surface area contributed by atoms with E-state index < -0.39 is 0 Å². The van der Waals surface area contributed by atoms with Crippen LogP contribution in [0.5, 0.6) is 5.75 Å². The number of hydrogen-bond donors (Lipinski definition) is 2. The molecule has 7 heteroatoms. The Morgan fingerprint density at radius 1 is 0.931 bits per heavy atom. The number of nitrogens with zero attached hydrogens (tertiary/aromatic N) is 4. The molecule has 2 N–H and O–H groups in total. The normalized spacial score (nSPS) is 12.0. The van der Waals surface area contributed by atoms with Crippen LogP contribution in [0, 0.1) is 13.8 Å². The lowest BCUT2D eigenvalue weighted by Crippen LogP contribution is -2.19. The molecule has 0 bridgehead atoms. The van der Waals surface area contributed by atoms with Gasteiger partial charge >= 0.3 is 0 Å². The maximum atomic E-state index is 9.72. The number of rotatable bonds is 5. The Hall–Kier alpha value is -3.19. The second-order valence-corrected chi connectivity index (χ2v) is 7.78. The minimum absolute atomic E-state index is 0.213. The van der Waals surface area contributed by atoms with Crippen LogP contribution in [-0.2, 0) is 0 Å². The molecule has 3 aromatic carbocycles. The summed E-state index contributed by atoms with van der Waals surface area (Å²) < 4.78 is 2.79. The smallest absolute Gasteiger partial charge is 0.183 e. The molecule has 0 saturated heterocycles. The molecule has 0 aliphatic carbocycles. The van der Waals surface area contributed by atoms with Gasteiger partial charge in [0.15, 0.2) is 5.82 Å². The first-order valence-corrected chi connectivity index (χ1v) is 9.98. The Bertz CT molecular complexity index is 1100. The predicted molar refractivity (Wildman–Crippen MR) is 116 cm³/mol. The van der Waals surface area contributed by atoms with E-state index in [1.807, 2.05) is 68.4 Å². The van der Waals surface area contributed by atoms with Crippen LogP contribution in [0.15, 0.2) is 71.2 Å². The average molecular weight is 450 g/mol. The number of halogens is 1.